The Morgan fingerprint density at radius 3 is 3.00 bits per heavy atom. The van der Waals surface area contributed by atoms with Crippen LogP contribution in [0, 0.1) is 12.3 Å². The van der Waals surface area contributed by atoms with Gasteiger partial charge in [-0.05, 0) is 17.7 Å². The van der Waals surface area contributed by atoms with Crippen molar-refractivity contribution in [2.75, 3.05) is 6.61 Å². The molecule has 0 saturated heterocycles. The van der Waals surface area contributed by atoms with Crippen molar-refractivity contribution in [2.45, 2.75) is 13.0 Å². The number of aliphatic hydroxyl groups excluding tert-OH is 1. The van der Waals surface area contributed by atoms with Gasteiger partial charge in [0.05, 0.1) is 13.2 Å². The first-order valence-electron chi connectivity index (χ1n) is 4.13. The monoisotopic (exact) mass is 176 g/mol. The van der Waals surface area contributed by atoms with E-state index >= 15 is 0 Å². The Labute approximate surface area is 78.2 Å². The first kappa shape index (κ1) is 9.63. The molecule has 1 aromatic rings. The van der Waals surface area contributed by atoms with Gasteiger partial charge in [-0.2, -0.15) is 0 Å². The van der Waals surface area contributed by atoms with Crippen molar-refractivity contribution in [1.82, 2.24) is 0 Å². The molecule has 1 rings (SSSR count). The van der Waals surface area contributed by atoms with E-state index in [1.165, 1.54) is 0 Å². The van der Waals surface area contributed by atoms with Gasteiger partial charge in [0.15, 0.2) is 0 Å². The van der Waals surface area contributed by atoms with Gasteiger partial charge >= 0.3 is 0 Å². The molecule has 1 N–H and O–H groups in total. The predicted molar refractivity (Wildman–Crippen MR) is 51.3 cm³/mol. The molecular weight excluding hydrogens is 164 g/mol. The highest BCUT2D eigenvalue weighted by molar-refractivity contribution is 5.27. The Morgan fingerprint density at radius 1 is 1.46 bits per heavy atom. The van der Waals surface area contributed by atoms with Crippen LogP contribution in [0.4, 0.5) is 0 Å². The Balaban J connectivity index is 2.52. The highest BCUT2D eigenvalue weighted by atomic mass is 16.5. The minimum atomic E-state index is 0.0341. The van der Waals surface area contributed by atoms with Crippen molar-refractivity contribution in [2.24, 2.45) is 0 Å². The normalized spacial score (nSPS) is 9.23. The Morgan fingerprint density at radius 2 is 2.31 bits per heavy atom. The van der Waals surface area contributed by atoms with Crippen LogP contribution in [0.25, 0.3) is 0 Å². The van der Waals surface area contributed by atoms with Crippen LogP contribution in [-0.4, -0.2) is 11.7 Å². The molecule has 0 aliphatic heterocycles. The first-order valence-corrected chi connectivity index (χ1v) is 4.13. The van der Waals surface area contributed by atoms with E-state index in [0.29, 0.717) is 13.0 Å². The van der Waals surface area contributed by atoms with E-state index in [0.717, 1.165) is 11.3 Å². The number of ether oxygens (including phenoxy) is 1. The van der Waals surface area contributed by atoms with Gasteiger partial charge in [-0.25, -0.2) is 0 Å². The van der Waals surface area contributed by atoms with Gasteiger partial charge in [0.2, 0.25) is 0 Å². The van der Waals surface area contributed by atoms with Gasteiger partial charge in [-0.3, -0.25) is 0 Å². The minimum Gasteiger partial charge on any atom is -0.493 e. The summed E-state index contributed by atoms with van der Waals surface area (Å²) >= 11 is 0. The fourth-order valence-electron chi connectivity index (χ4n) is 0.961. The van der Waals surface area contributed by atoms with E-state index in [1.807, 2.05) is 18.2 Å². The predicted octanol–water partition coefficient (Wildman–Crippen LogP) is 1.58. The van der Waals surface area contributed by atoms with E-state index < -0.39 is 0 Å². The molecule has 1 aromatic carbocycles. The van der Waals surface area contributed by atoms with Crippen LogP contribution >= 0.6 is 0 Å². The summed E-state index contributed by atoms with van der Waals surface area (Å²) in [6.07, 6.45) is 5.68. The summed E-state index contributed by atoms with van der Waals surface area (Å²) in [6, 6.07) is 7.33. The van der Waals surface area contributed by atoms with E-state index in [-0.39, 0.29) is 6.61 Å². The summed E-state index contributed by atoms with van der Waals surface area (Å²) in [5.74, 6) is 3.24. The highest BCUT2D eigenvalue weighted by Crippen LogP contribution is 2.13. The van der Waals surface area contributed by atoms with Crippen LogP contribution < -0.4 is 4.74 Å². The zero-order valence-electron chi connectivity index (χ0n) is 7.36. The van der Waals surface area contributed by atoms with Crippen LogP contribution in [0.15, 0.2) is 24.3 Å². The zero-order valence-corrected chi connectivity index (χ0v) is 7.36. The lowest BCUT2D eigenvalue weighted by Gasteiger charge is -2.04. The van der Waals surface area contributed by atoms with E-state index in [9.17, 15) is 0 Å². The lowest BCUT2D eigenvalue weighted by Crippen LogP contribution is -1.96. The molecule has 0 amide bonds. The second-order valence-electron chi connectivity index (χ2n) is 2.61. The van der Waals surface area contributed by atoms with E-state index in [2.05, 4.69) is 5.92 Å². The molecule has 0 spiro atoms. The lowest BCUT2D eigenvalue weighted by molar-refractivity contribution is 0.279. The third kappa shape index (κ3) is 3.18. The number of aliphatic hydroxyl groups is 1. The molecule has 0 bridgehead atoms. The van der Waals surface area contributed by atoms with Crippen molar-refractivity contribution in [3.8, 4) is 18.1 Å². The summed E-state index contributed by atoms with van der Waals surface area (Å²) in [7, 11) is 0. The second kappa shape index (κ2) is 5.23. The van der Waals surface area contributed by atoms with Gasteiger partial charge < -0.3 is 9.84 Å². The number of terminal acetylenes is 1. The van der Waals surface area contributed by atoms with Crippen molar-refractivity contribution >= 4 is 0 Å². The summed E-state index contributed by atoms with van der Waals surface area (Å²) < 4.78 is 5.34. The maximum atomic E-state index is 8.85. The van der Waals surface area contributed by atoms with Crippen molar-refractivity contribution < 1.29 is 9.84 Å². The molecule has 0 aliphatic carbocycles. The van der Waals surface area contributed by atoms with Gasteiger partial charge in [0, 0.05) is 6.42 Å². The van der Waals surface area contributed by atoms with Crippen LogP contribution in [-0.2, 0) is 6.61 Å². The Kier molecular flexibility index (Phi) is 3.87. The summed E-state index contributed by atoms with van der Waals surface area (Å²) in [6.45, 7) is 0.553. The van der Waals surface area contributed by atoms with Crippen molar-refractivity contribution in [1.29, 1.82) is 0 Å². The van der Waals surface area contributed by atoms with Crippen LogP contribution in [0.1, 0.15) is 12.0 Å². The minimum absolute atomic E-state index is 0.0341. The maximum absolute atomic E-state index is 8.85. The summed E-state index contributed by atoms with van der Waals surface area (Å²) in [5.41, 5.74) is 0.846. The summed E-state index contributed by atoms with van der Waals surface area (Å²) in [5, 5.41) is 8.85. The van der Waals surface area contributed by atoms with Gasteiger partial charge in [-0.15, -0.1) is 12.3 Å². The third-order valence-electron chi connectivity index (χ3n) is 1.60. The fourth-order valence-corrected chi connectivity index (χ4v) is 0.961. The van der Waals surface area contributed by atoms with Gasteiger partial charge in [0.1, 0.15) is 5.75 Å². The molecule has 2 heteroatoms. The van der Waals surface area contributed by atoms with Gasteiger partial charge in [0.25, 0.3) is 0 Å². The molecule has 2 nitrogen and oxygen atoms in total. The quantitative estimate of drug-likeness (QED) is 0.557. The third-order valence-corrected chi connectivity index (χ3v) is 1.60. The number of benzene rings is 1. The standard InChI is InChI=1S/C11H12O2/c1-2-3-7-13-11-6-4-5-10(8-11)9-12/h1,4-6,8,12H,3,7,9H2. The molecule has 0 radical (unpaired) electrons. The highest BCUT2D eigenvalue weighted by Gasteiger charge is 1.94. The molecule has 0 unspecified atom stereocenters. The van der Waals surface area contributed by atoms with Crippen molar-refractivity contribution in [3.05, 3.63) is 29.8 Å². The Hall–Kier alpha value is -1.46. The smallest absolute Gasteiger partial charge is 0.119 e. The molecular formula is C11H12O2. The van der Waals surface area contributed by atoms with E-state index in [4.69, 9.17) is 16.3 Å². The molecule has 0 saturated carbocycles. The largest absolute Gasteiger partial charge is 0.493 e. The molecule has 0 atom stereocenters. The van der Waals surface area contributed by atoms with E-state index in [1.54, 1.807) is 6.07 Å². The average molecular weight is 176 g/mol. The number of hydrogen-bond donors (Lipinski definition) is 1. The molecule has 13 heavy (non-hydrogen) atoms. The molecule has 0 aliphatic rings. The summed E-state index contributed by atoms with van der Waals surface area (Å²) in [4.78, 5) is 0. The number of hydrogen-bond acceptors (Lipinski definition) is 2. The SMILES string of the molecule is C#CCCOc1cccc(CO)c1. The van der Waals surface area contributed by atoms with Crippen LogP contribution in [0.2, 0.25) is 0 Å². The zero-order chi connectivity index (χ0) is 9.52. The lowest BCUT2D eigenvalue weighted by atomic mass is 10.2. The number of rotatable bonds is 4. The van der Waals surface area contributed by atoms with Crippen molar-refractivity contribution in [3.63, 3.8) is 0 Å². The van der Waals surface area contributed by atoms with Gasteiger partial charge in [-0.1, -0.05) is 12.1 Å². The molecule has 68 valence electrons. The maximum Gasteiger partial charge on any atom is 0.119 e. The van der Waals surface area contributed by atoms with Crippen LogP contribution in [0.5, 0.6) is 5.75 Å². The molecule has 0 heterocycles. The fraction of sp³-hybridized carbons (Fsp3) is 0.273. The first-order chi connectivity index (χ1) is 6.36. The molecule has 0 fully saturated rings. The molecule has 0 aromatic heterocycles. The second-order valence-corrected chi connectivity index (χ2v) is 2.61. The Bertz CT molecular complexity index is 299. The topological polar surface area (TPSA) is 29.5 Å². The average Bonchev–Trinajstić information content (AvgIpc) is 2.19. The van der Waals surface area contributed by atoms with Crippen LogP contribution in [0.3, 0.4) is 0 Å².